The van der Waals surface area contributed by atoms with E-state index in [-0.39, 0.29) is 0 Å². The van der Waals surface area contributed by atoms with Gasteiger partial charge in [-0.1, -0.05) is 12.1 Å². The highest BCUT2D eigenvalue weighted by molar-refractivity contribution is 6.58. The third-order valence-corrected chi connectivity index (χ3v) is 2.85. The second kappa shape index (κ2) is 6.93. The lowest BCUT2D eigenvalue weighted by atomic mass is 9.82. The summed E-state index contributed by atoms with van der Waals surface area (Å²) in [4.78, 5) is 3.89. The minimum Gasteiger partial charge on any atom is -0.497 e. The molecule has 0 spiro atoms. The fourth-order valence-corrected chi connectivity index (χ4v) is 1.73. The SMILES string of the molecule is COc1ccc(CCOc2cncc(B(O)O)c2)cc1. The summed E-state index contributed by atoms with van der Waals surface area (Å²) >= 11 is 0. The highest BCUT2D eigenvalue weighted by atomic mass is 16.5. The maximum atomic E-state index is 9.05. The van der Waals surface area contributed by atoms with Crippen LogP contribution < -0.4 is 14.9 Å². The summed E-state index contributed by atoms with van der Waals surface area (Å²) < 4.78 is 10.6. The van der Waals surface area contributed by atoms with E-state index >= 15 is 0 Å². The largest absolute Gasteiger partial charge is 0.497 e. The third kappa shape index (κ3) is 3.98. The van der Waals surface area contributed by atoms with Gasteiger partial charge >= 0.3 is 7.12 Å². The van der Waals surface area contributed by atoms with Crippen molar-refractivity contribution in [2.24, 2.45) is 0 Å². The predicted octanol–water partition coefficient (Wildman–Crippen LogP) is 0.391. The van der Waals surface area contributed by atoms with E-state index < -0.39 is 7.12 Å². The number of benzene rings is 1. The molecular weight excluding hydrogens is 257 g/mol. The van der Waals surface area contributed by atoms with Crippen LogP contribution in [0.15, 0.2) is 42.7 Å². The summed E-state index contributed by atoms with van der Waals surface area (Å²) in [5.41, 5.74) is 1.45. The molecule has 0 saturated carbocycles. The summed E-state index contributed by atoms with van der Waals surface area (Å²) in [5.74, 6) is 1.34. The fraction of sp³-hybridized carbons (Fsp3) is 0.214. The van der Waals surface area contributed by atoms with Crippen LogP contribution in [0.2, 0.25) is 0 Å². The standard InChI is InChI=1S/C14H16BNO4/c1-19-13-4-2-11(3-5-13)6-7-20-14-8-12(15(17)18)9-16-10-14/h2-5,8-10,17-18H,6-7H2,1H3. The summed E-state index contributed by atoms with van der Waals surface area (Å²) in [6.45, 7) is 0.485. The normalized spacial score (nSPS) is 10.2. The van der Waals surface area contributed by atoms with E-state index in [2.05, 4.69) is 4.98 Å². The zero-order valence-electron chi connectivity index (χ0n) is 11.2. The van der Waals surface area contributed by atoms with Gasteiger partial charge in [0.1, 0.15) is 11.5 Å². The van der Waals surface area contributed by atoms with Crippen LogP contribution in [-0.4, -0.2) is 35.9 Å². The van der Waals surface area contributed by atoms with Gasteiger partial charge in [0.2, 0.25) is 0 Å². The maximum Gasteiger partial charge on any atom is 0.490 e. The van der Waals surface area contributed by atoms with E-state index in [1.165, 1.54) is 6.20 Å². The Bertz CT molecular complexity index is 545. The van der Waals surface area contributed by atoms with E-state index in [1.54, 1.807) is 19.4 Å². The predicted molar refractivity (Wildman–Crippen MR) is 76.3 cm³/mol. The van der Waals surface area contributed by atoms with Crippen molar-refractivity contribution in [2.75, 3.05) is 13.7 Å². The molecule has 2 aromatic rings. The molecule has 1 aromatic heterocycles. The molecule has 20 heavy (non-hydrogen) atoms. The highest BCUT2D eigenvalue weighted by Crippen LogP contribution is 2.12. The Hall–Kier alpha value is -2.05. The molecule has 6 heteroatoms. The first-order valence-corrected chi connectivity index (χ1v) is 6.26. The summed E-state index contributed by atoms with van der Waals surface area (Å²) in [6, 6.07) is 9.33. The van der Waals surface area contributed by atoms with E-state index in [9.17, 15) is 0 Å². The number of methoxy groups -OCH3 is 1. The van der Waals surface area contributed by atoms with Gasteiger partial charge in [0.05, 0.1) is 19.9 Å². The van der Waals surface area contributed by atoms with Crippen LogP contribution in [0.5, 0.6) is 11.5 Å². The summed E-state index contributed by atoms with van der Waals surface area (Å²) in [6.07, 6.45) is 3.68. The van der Waals surface area contributed by atoms with Crippen molar-refractivity contribution in [1.82, 2.24) is 4.98 Å². The van der Waals surface area contributed by atoms with Gasteiger partial charge in [-0.3, -0.25) is 4.98 Å². The van der Waals surface area contributed by atoms with Gasteiger partial charge in [0, 0.05) is 18.1 Å². The smallest absolute Gasteiger partial charge is 0.490 e. The Kier molecular flexibility index (Phi) is 4.98. The van der Waals surface area contributed by atoms with E-state index in [0.717, 1.165) is 17.7 Å². The van der Waals surface area contributed by atoms with Gasteiger partial charge in [-0.25, -0.2) is 0 Å². The second-order valence-electron chi connectivity index (χ2n) is 4.27. The van der Waals surface area contributed by atoms with Crippen LogP contribution in [0.1, 0.15) is 5.56 Å². The number of rotatable bonds is 6. The van der Waals surface area contributed by atoms with E-state index in [4.69, 9.17) is 19.5 Å². The average molecular weight is 273 g/mol. The lowest BCUT2D eigenvalue weighted by Gasteiger charge is -2.08. The minimum atomic E-state index is -1.53. The summed E-state index contributed by atoms with van der Waals surface area (Å²) in [7, 11) is 0.0980. The third-order valence-electron chi connectivity index (χ3n) is 2.85. The Balaban J connectivity index is 1.87. The van der Waals surface area contributed by atoms with Crippen LogP contribution in [0, 0.1) is 0 Å². The lowest BCUT2D eigenvalue weighted by Crippen LogP contribution is -2.30. The van der Waals surface area contributed by atoms with Crippen LogP contribution in [0.4, 0.5) is 0 Å². The lowest BCUT2D eigenvalue weighted by molar-refractivity contribution is 0.320. The number of ether oxygens (including phenoxy) is 2. The Morgan fingerprint density at radius 3 is 2.50 bits per heavy atom. The van der Waals surface area contributed by atoms with E-state index in [0.29, 0.717) is 17.8 Å². The first-order chi connectivity index (χ1) is 9.69. The van der Waals surface area contributed by atoms with Gasteiger partial charge in [0.15, 0.2) is 0 Å². The molecule has 0 fully saturated rings. The molecule has 0 amide bonds. The molecule has 2 rings (SSSR count). The molecule has 0 aliphatic heterocycles. The van der Waals surface area contributed by atoms with E-state index in [1.807, 2.05) is 24.3 Å². The second-order valence-corrected chi connectivity index (χ2v) is 4.27. The van der Waals surface area contributed by atoms with Crippen LogP contribution in [0.25, 0.3) is 0 Å². The van der Waals surface area contributed by atoms with Gasteiger partial charge in [-0.05, 0) is 23.8 Å². The van der Waals surface area contributed by atoms with Crippen molar-refractivity contribution in [3.05, 3.63) is 48.3 Å². The zero-order chi connectivity index (χ0) is 14.4. The molecule has 0 unspecified atom stereocenters. The quantitative estimate of drug-likeness (QED) is 0.745. The van der Waals surface area contributed by atoms with Crippen LogP contribution >= 0.6 is 0 Å². The monoisotopic (exact) mass is 273 g/mol. The number of aromatic nitrogens is 1. The van der Waals surface area contributed by atoms with Gasteiger partial charge < -0.3 is 19.5 Å². The van der Waals surface area contributed by atoms with Crippen molar-refractivity contribution in [3.63, 3.8) is 0 Å². The Labute approximate surface area is 118 Å². The molecule has 0 bridgehead atoms. The van der Waals surface area contributed by atoms with Crippen molar-refractivity contribution in [3.8, 4) is 11.5 Å². The minimum absolute atomic E-state index is 0.312. The molecule has 2 N–H and O–H groups in total. The summed E-state index contributed by atoms with van der Waals surface area (Å²) in [5, 5.41) is 18.1. The van der Waals surface area contributed by atoms with Gasteiger partial charge in [-0.2, -0.15) is 0 Å². The molecule has 5 nitrogen and oxygen atoms in total. The molecule has 0 aliphatic carbocycles. The van der Waals surface area contributed by atoms with Crippen molar-refractivity contribution in [2.45, 2.75) is 6.42 Å². The molecule has 0 saturated heterocycles. The molecular formula is C14H16BNO4. The number of nitrogens with zero attached hydrogens (tertiary/aromatic N) is 1. The molecule has 0 atom stereocenters. The zero-order valence-corrected chi connectivity index (χ0v) is 11.2. The fourth-order valence-electron chi connectivity index (χ4n) is 1.73. The molecule has 104 valence electrons. The van der Waals surface area contributed by atoms with Crippen molar-refractivity contribution in [1.29, 1.82) is 0 Å². The first-order valence-electron chi connectivity index (χ1n) is 6.26. The highest BCUT2D eigenvalue weighted by Gasteiger charge is 2.11. The van der Waals surface area contributed by atoms with Gasteiger partial charge in [0.25, 0.3) is 0 Å². The van der Waals surface area contributed by atoms with Crippen LogP contribution in [0.3, 0.4) is 0 Å². The number of pyridine rings is 1. The first kappa shape index (κ1) is 14.4. The molecule has 1 aromatic carbocycles. The van der Waals surface area contributed by atoms with Crippen molar-refractivity contribution >= 4 is 12.6 Å². The van der Waals surface area contributed by atoms with Gasteiger partial charge in [-0.15, -0.1) is 0 Å². The Morgan fingerprint density at radius 1 is 1.10 bits per heavy atom. The molecule has 0 aliphatic rings. The number of hydrogen-bond acceptors (Lipinski definition) is 5. The molecule has 1 heterocycles. The molecule has 0 radical (unpaired) electrons. The topological polar surface area (TPSA) is 71.8 Å². The number of hydrogen-bond donors (Lipinski definition) is 2. The van der Waals surface area contributed by atoms with Crippen LogP contribution in [-0.2, 0) is 6.42 Å². The maximum absolute atomic E-state index is 9.05. The van der Waals surface area contributed by atoms with Crippen molar-refractivity contribution < 1.29 is 19.5 Å². The average Bonchev–Trinajstić information content (AvgIpc) is 2.48. The Morgan fingerprint density at radius 2 is 1.85 bits per heavy atom.